The molecular formula is C82H46. The van der Waals surface area contributed by atoms with Gasteiger partial charge in [-0.3, -0.25) is 0 Å². The molecule has 0 aliphatic carbocycles. The molecule has 0 saturated heterocycles. The predicted molar refractivity (Wildman–Crippen MR) is 354 cm³/mol. The van der Waals surface area contributed by atoms with Gasteiger partial charge in [-0.05, 0) is 196 Å². The second-order valence-corrected chi connectivity index (χ2v) is 22.9. The van der Waals surface area contributed by atoms with Crippen LogP contribution in [0.15, 0.2) is 279 Å². The van der Waals surface area contributed by atoms with E-state index in [1.165, 1.54) is 196 Å². The molecule has 0 heterocycles. The number of hydrogen-bond acceptors (Lipinski definition) is 0. The lowest BCUT2D eigenvalue weighted by molar-refractivity contribution is 1.55. The summed E-state index contributed by atoms with van der Waals surface area (Å²) in [4.78, 5) is 0. The van der Waals surface area contributed by atoms with E-state index in [9.17, 15) is 0 Å². The van der Waals surface area contributed by atoms with Crippen LogP contribution in [0.3, 0.4) is 0 Å². The van der Waals surface area contributed by atoms with Gasteiger partial charge in [0.05, 0.1) is 0 Å². The Kier molecular flexibility index (Phi) is 8.88. The van der Waals surface area contributed by atoms with E-state index in [4.69, 9.17) is 0 Å². The molecule has 0 spiro atoms. The minimum atomic E-state index is 1.17. The second kappa shape index (κ2) is 16.5. The minimum absolute atomic E-state index is 1.17. The molecule has 0 amide bonds. The van der Waals surface area contributed by atoms with Crippen molar-refractivity contribution >= 4 is 129 Å². The highest BCUT2D eigenvalue weighted by molar-refractivity contribution is 6.34. The van der Waals surface area contributed by atoms with Crippen LogP contribution in [-0.4, -0.2) is 0 Å². The summed E-state index contributed by atoms with van der Waals surface area (Å²) in [5.74, 6) is 0. The Labute approximate surface area is 472 Å². The first-order valence-electron chi connectivity index (χ1n) is 28.7. The Morgan fingerprint density at radius 3 is 0.561 bits per heavy atom. The third kappa shape index (κ3) is 5.95. The molecule has 0 nitrogen and oxygen atoms in total. The quantitative estimate of drug-likeness (QED) is 0.146. The summed E-state index contributed by atoms with van der Waals surface area (Å²) in [6.45, 7) is 0. The Balaban J connectivity index is 1.13. The van der Waals surface area contributed by atoms with Crippen LogP contribution in [0, 0.1) is 0 Å². The molecule has 0 heteroatoms. The van der Waals surface area contributed by atoms with Gasteiger partial charge in [0, 0.05) is 0 Å². The van der Waals surface area contributed by atoms with Crippen molar-refractivity contribution in [2.75, 3.05) is 0 Å². The summed E-state index contributed by atoms with van der Waals surface area (Å²) >= 11 is 0. The maximum atomic E-state index is 2.47. The minimum Gasteiger partial charge on any atom is -0.0622 e. The average molecular weight is 1030 g/mol. The standard InChI is InChI=1S/C82H46/c1-3-11-47(12-4-1)77-78(48-13-5-2-6-14-48)80(66-44-36-58-28-24-50-16-8-20-54-32-40-62(66)74(58)70(50)54)82(68-46-38-60-30-26-52-18-10-22-56-34-42-64(68)76(60)72(52)56)81(67-45-37-59-29-25-51-17-9-21-55-33-41-63(67)75(59)71(51)55)79(77)65-43-35-57-27-23-49-15-7-19-53-31-39-61(65)73(57)69(49)53/h1-46H. The van der Waals surface area contributed by atoms with Gasteiger partial charge in [0.2, 0.25) is 0 Å². The Morgan fingerprint density at radius 2 is 0.317 bits per heavy atom. The van der Waals surface area contributed by atoms with Crippen molar-refractivity contribution in [3.63, 3.8) is 0 Å². The molecule has 19 aromatic rings. The molecule has 0 aromatic heterocycles. The van der Waals surface area contributed by atoms with Gasteiger partial charge in [-0.2, -0.15) is 0 Å². The molecule has 0 radical (unpaired) electrons. The summed E-state index contributed by atoms with van der Waals surface area (Å²) in [5, 5.41) is 30.4. The fraction of sp³-hybridized carbons (Fsp3) is 0. The van der Waals surface area contributed by atoms with Gasteiger partial charge in [-0.1, -0.05) is 279 Å². The Bertz CT molecular complexity index is 5420. The Morgan fingerprint density at radius 1 is 0.122 bits per heavy atom. The number of benzene rings is 19. The molecule has 0 N–H and O–H groups in total. The highest BCUT2D eigenvalue weighted by Crippen LogP contribution is 2.60. The zero-order chi connectivity index (χ0) is 53.3. The summed E-state index contributed by atoms with van der Waals surface area (Å²) in [5.41, 5.74) is 14.5. The van der Waals surface area contributed by atoms with Gasteiger partial charge in [0.25, 0.3) is 0 Å². The molecule has 0 aliphatic heterocycles. The monoisotopic (exact) mass is 1030 g/mol. The topological polar surface area (TPSA) is 0 Å². The average Bonchev–Trinajstić information content (AvgIpc) is 2.33. The van der Waals surface area contributed by atoms with Crippen molar-refractivity contribution in [3.8, 4) is 66.8 Å². The van der Waals surface area contributed by atoms with Crippen LogP contribution in [-0.2, 0) is 0 Å². The highest BCUT2D eigenvalue weighted by atomic mass is 14.4. The highest BCUT2D eigenvalue weighted by Gasteiger charge is 2.33. The van der Waals surface area contributed by atoms with E-state index in [0.717, 1.165) is 0 Å². The molecule has 0 aliphatic rings. The SMILES string of the molecule is c1ccc(-c2c(-c3ccccc3)c(-c3ccc4ccc5cccc6ccc3c4c56)c(-c3ccc4ccc5cccc6ccc3c4c56)c(-c3ccc4ccc5cccc6ccc3c4c56)c2-c2ccc3ccc4cccc5ccc2c3c45)cc1. The summed E-state index contributed by atoms with van der Waals surface area (Å²) < 4.78 is 0. The van der Waals surface area contributed by atoms with Crippen molar-refractivity contribution in [2.24, 2.45) is 0 Å². The lowest BCUT2D eigenvalue weighted by Gasteiger charge is -2.31. The van der Waals surface area contributed by atoms with E-state index in [-0.39, 0.29) is 0 Å². The fourth-order valence-electron chi connectivity index (χ4n) is 15.4. The molecule has 82 heavy (non-hydrogen) atoms. The zero-order valence-electron chi connectivity index (χ0n) is 44.6. The van der Waals surface area contributed by atoms with Crippen LogP contribution in [0.5, 0.6) is 0 Å². The van der Waals surface area contributed by atoms with Crippen LogP contribution < -0.4 is 0 Å². The zero-order valence-corrected chi connectivity index (χ0v) is 44.6. The van der Waals surface area contributed by atoms with Gasteiger partial charge < -0.3 is 0 Å². The molecule has 0 fully saturated rings. The van der Waals surface area contributed by atoms with Crippen LogP contribution in [0.2, 0.25) is 0 Å². The molecule has 0 atom stereocenters. The first kappa shape index (κ1) is 44.2. The Hall–Kier alpha value is -10.7. The number of rotatable bonds is 6. The molecule has 0 bridgehead atoms. The van der Waals surface area contributed by atoms with Gasteiger partial charge in [0.1, 0.15) is 0 Å². The van der Waals surface area contributed by atoms with Gasteiger partial charge in [0.15, 0.2) is 0 Å². The molecule has 0 unspecified atom stereocenters. The molecule has 19 aromatic carbocycles. The number of hydrogen-bond donors (Lipinski definition) is 0. The van der Waals surface area contributed by atoms with Crippen molar-refractivity contribution in [1.29, 1.82) is 0 Å². The normalized spacial score (nSPS) is 12.4. The molecule has 374 valence electrons. The first-order chi connectivity index (χ1) is 40.7. The smallest absolute Gasteiger partial charge is 0.000718 e. The van der Waals surface area contributed by atoms with Crippen molar-refractivity contribution in [2.45, 2.75) is 0 Å². The van der Waals surface area contributed by atoms with Crippen LogP contribution in [0.1, 0.15) is 0 Å². The lowest BCUT2D eigenvalue weighted by atomic mass is 9.71. The van der Waals surface area contributed by atoms with Crippen LogP contribution >= 0.6 is 0 Å². The van der Waals surface area contributed by atoms with Crippen molar-refractivity contribution < 1.29 is 0 Å². The van der Waals surface area contributed by atoms with E-state index in [2.05, 4.69) is 279 Å². The van der Waals surface area contributed by atoms with E-state index >= 15 is 0 Å². The van der Waals surface area contributed by atoms with Crippen molar-refractivity contribution in [1.82, 2.24) is 0 Å². The van der Waals surface area contributed by atoms with Crippen LogP contribution in [0.25, 0.3) is 196 Å². The summed E-state index contributed by atoms with van der Waals surface area (Å²) in [7, 11) is 0. The van der Waals surface area contributed by atoms with E-state index in [1.807, 2.05) is 0 Å². The van der Waals surface area contributed by atoms with E-state index < -0.39 is 0 Å². The summed E-state index contributed by atoms with van der Waals surface area (Å²) in [6, 6.07) is 107. The lowest BCUT2D eigenvalue weighted by Crippen LogP contribution is -2.04. The molecule has 19 rings (SSSR count). The second-order valence-electron chi connectivity index (χ2n) is 22.9. The van der Waals surface area contributed by atoms with Gasteiger partial charge >= 0.3 is 0 Å². The van der Waals surface area contributed by atoms with Crippen LogP contribution in [0.4, 0.5) is 0 Å². The summed E-state index contributed by atoms with van der Waals surface area (Å²) in [6.07, 6.45) is 0. The van der Waals surface area contributed by atoms with E-state index in [1.54, 1.807) is 0 Å². The third-order valence-electron chi connectivity index (χ3n) is 18.8. The van der Waals surface area contributed by atoms with Gasteiger partial charge in [-0.15, -0.1) is 0 Å². The van der Waals surface area contributed by atoms with E-state index in [0.29, 0.717) is 0 Å². The fourth-order valence-corrected chi connectivity index (χ4v) is 15.4. The van der Waals surface area contributed by atoms with Gasteiger partial charge in [-0.25, -0.2) is 0 Å². The maximum absolute atomic E-state index is 2.47. The molecular weight excluding hydrogens is 985 g/mol. The first-order valence-corrected chi connectivity index (χ1v) is 28.7. The van der Waals surface area contributed by atoms with Crippen molar-refractivity contribution in [3.05, 3.63) is 279 Å². The molecule has 0 saturated carbocycles. The third-order valence-corrected chi connectivity index (χ3v) is 18.8. The maximum Gasteiger partial charge on any atom is -0.000718 e. The predicted octanol–water partition coefficient (Wildman–Crippen LogP) is 23.3. The largest absolute Gasteiger partial charge is 0.0622 e.